The Balaban J connectivity index is 3.12. The standard InChI is InChI=1S/C10H18O/c1-3-4-5-6-7-8-9-10(2)11/h10-11H,3-5,8-9H2,1-2H3. The van der Waals surface area contributed by atoms with Crippen molar-refractivity contribution in [1.82, 2.24) is 0 Å². The van der Waals surface area contributed by atoms with E-state index >= 15 is 0 Å². The first kappa shape index (κ1) is 10.5. The Kier molecular flexibility index (Phi) is 7.29. The molecule has 1 nitrogen and oxygen atoms in total. The summed E-state index contributed by atoms with van der Waals surface area (Å²) in [7, 11) is 0. The molecular weight excluding hydrogens is 136 g/mol. The van der Waals surface area contributed by atoms with E-state index < -0.39 is 0 Å². The van der Waals surface area contributed by atoms with Gasteiger partial charge >= 0.3 is 0 Å². The first-order valence-corrected chi connectivity index (χ1v) is 4.41. The minimum Gasteiger partial charge on any atom is -0.393 e. The zero-order chi connectivity index (χ0) is 8.53. The predicted molar refractivity (Wildman–Crippen MR) is 48.2 cm³/mol. The third kappa shape index (κ3) is 9.52. The van der Waals surface area contributed by atoms with Crippen LogP contribution in [0, 0.1) is 11.8 Å². The Labute approximate surface area is 69.8 Å². The fourth-order valence-electron chi connectivity index (χ4n) is 0.723. The summed E-state index contributed by atoms with van der Waals surface area (Å²) < 4.78 is 0. The molecule has 0 fully saturated rings. The summed E-state index contributed by atoms with van der Waals surface area (Å²) in [5, 5.41) is 8.89. The summed E-state index contributed by atoms with van der Waals surface area (Å²) in [5.74, 6) is 6.12. The number of hydrogen-bond donors (Lipinski definition) is 1. The molecule has 0 heterocycles. The van der Waals surface area contributed by atoms with E-state index in [1.165, 1.54) is 12.8 Å². The average Bonchev–Trinajstić information content (AvgIpc) is 1.96. The van der Waals surface area contributed by atoms with E-state index in [1.807, 2.05) is 0 Å². The monoisotopic (exact) mass is 154 g/mol. The Morgan fingerprint density at radius 3 is 2.45 bits per heavy atom. The van der Waals surface area contributed by atoms with Crippen molar-refractivity contribution in [1.29, 1.82) is 0 Å². The van der Waals surface area contributed by atoms with Crippen LogP contribution < -0.4 is 0 Å². The Morgan fingerprint density at radius 1 is 1.27 bits per heavy atom. The summed E-state index contributed by atoms with van der Waals surface area (Å²) >= 11 is 0. The van der Waals surface area contributed by atoms with Gasteiger partial charge in [-0.25, -0.2) is 0 Å². The van der Waals surface area contributed by atoms with Crippen LogP contribution >= 0.6 is 0 Å². The van der Waals surface area contributed by atoms with E-state index in [4.69, 9.17) is 5.11 Å². The lowest BCUT2D eigenvalue weighted by Gasteiger charge is -1.96. The van der Waals surface area contributed by atoms with Gasteiger partial charge in [0.1, 0.15) is 0 Å². The molecule has 0 saturated carbocycles. The van der Waals surface area contributed by atoms with Gasteiger partial charge in [-0.05, 0) is 19.8 Å². The van der Waals surface area contributed by atoms with E-state index in [9.17, 15) is 0 Å². The lowest BCUT2D eigenvalue weighted by molar-refractivity contribution is 0.186. The van der Waals surface area contributed by atoms with Crippen molar-refractivity contribution in [3.8, 4) is 11.8 Å². The molecule has 0 aliphatic rings. The second-order valence-electron chi connectivity index (χ2n) is 2.84. The third-order valence-electron chi connectivity index (χ3n) is 1.47. The molecule has 0 aromatic heterocycles. The number of aliphatic hydroxyl groups is 1. The fourth-order valence-corrected chi connectivity index (χ4v) is 0.723. The highest BCUT2D eigenvalue weighted by atomic mass is 16.3. The van der Waals surface area contributed by atoms with Crippen molar-refractivity contribution in [2.45, 2.75) is 52.1 Å². The molecule has 0 aliphatic heterocycles. The molecule has 0 saturated heterocycles. The van der Waals surface area contributed by atoms with Crippen molar-refractivity contribution in [3.05, 3.63) is 0 Å². The van der Waals surface area contributed by atoms with Crippen LogP contribution in [0.3, 0.4) is 0 Å². The van der Waals surface area contributed by atoms with Gasteiger partial charge in [-0.3, -0.25) is 0 Å². The van der Waals surface area contributed by atoms with Crippen LogP contribution in [0.15, 0.2) is 0 Å². The summed E-state index contributed by atoms with van der Waals surface area (Å²) in [5.41, 5.74) is 0. The van der Waals surface area contributed by atoms with Crippen LogP contribution in [-0.2, 0) is 0 Å². The quantitative estimate of drug-likeness (QED) is 0.487. The molecular formula is C10H18O. The van der Waals surface area contributed by atoms with E-state index in [2.05, 4.69) is 18.8 Å². The molecule has 1 unspecified atom stereocenters. The van der Waals surface area contributed by atoms with E-state index in [1.54, 1.807) is 6.92 Å². The van der Waals surface area contributed by atoms with Crippen molar-refractivity contribution in [2.75, 3.05) is 0 Å². The smallest absolute Gasteiger partial charge is 0.0521 e. The van der Waals surface area contributed by atoms with Crippen LogP contribution in [0.2, 0.25) is 0 Å². The Bertz CT molecular complexity index is 128. The van der Waals surface area contributed by atoms with Crippen molar-refractivity contribution >= 4 is 0 Å². The number of aliphatic hydroxyl groups excluding tert-OH is 1. The fraction of sp³-hybridized carbons (Fsp3) is 0.800. The third-order valence-corrected chi connectivity index (χ3v) is 1.47. The summed E-state index contributed by atoms with van der Waals surface area (Å²) in [6.07, 6.45) is 4.86. The number of rotatable bonds is 4. The molecule has 0 aromatic carbocycles. The zero-order valence-electron chi connectivity index (χ0n) is 7.56. The van der Waals surface area contributed by atoms with Gasteiger partial charge in [0.05, 0.1) is 6.10 Å². The highest BCUT2D eigenvalue weighted by molar-refractivity contribution is 4.98. The second-order valence-corrected chi connectivity index (χ2v) is 2.84. The Morgan fingerprint density at radius 2 is 1.91 bits per heavy atom. The molecule has 0 aliphatic carbocycles. The van der Waals surface area contributed by atoms with Gasteiger partial charge in [0, 0.05) is 12.8 Å². The minimum absolute atomic E-state index is 0.199. The lowest BCUT2D eigenvalue weighted by Crippen LogP contribution is -1.96. The maximum atomic E-state index is 8.89. The van der Waals surface area contributed by atoms with Gasteiger partial charge in [-0.2, -0.15) is 0 Å². The van der Waals surface area contributed by atoms with Gasteiger partial charge in [-0.15, -0.1) is 11.8 Å². The minimum atomic E-state index is -0.199. The lowest BCUT2D eigenvalue weighted by atomic mass is 10.2. The van der Waals surface area contributed by atoms with Crippen molar-refractivity contribution < 1.29 is 5.11 Å². The predicted octanol–water partition coefficient (Wildman–Crippen LogP) is 2.34. The first-order valence-electron chi connectivity index (χ1n) is 4.41. The SMILES string of the molecule is CCCCC#CCCC(C)O. The highest BCUT2D eigenvalue weighted by Gasteiger charge is 1.90. The van der Waals surface area contributed by atoms with Gasteiger partial charge in [0.2, 0.25) is 0 Å². The van der Waals surface area contributed by atoms with Crippen LogP contribution in [0.5, 0.6) is 0 Å². The molecule has 0 amide bonds. The van der Waals surface area contributed by atoms with Crippen LogP contribution in [-0.4, -0.2) is 11.2 Å². The van der Waals surface area contributed by atoms with E-state index in [0.29, 0.717) is 0 Å². The first-order chi connectivity index (χ1) is 5.27. The normalized spacial score (nSPS) is 11.9. The topological polar surface area (TPSA) is 20.2 Å². The van der Waals surface area contributed by atoms with Crippen LogP contribution in [0.4, 0.5) is 0 Å². The summed E-state index contributed by atoms with van der Waals surface area (Å²) in [6, 6.07) is 0. The largest absolute Gasteiger partial charge is 0.393 e. The van der Waals surface area contributed by atoms with E-state index in [-0.39, 0.29) is 6.10 Å². The molecule has 0 radical (unpaired) electrons. The molecule has 11 heavy (non-hydrogen) atoms. The summed E-state index contributed by atoms with van der Waals surface area (Å²) in [6.45, 7) is 3.96. The molecule has 0 bridgehead atoms. The molecule has 1 N–H and O–H groups in total. The maximum absolute atomic E-state index is 8.89. The zero-order valence-corrected chi connectivity index (χ0v) is 7.56. The summed E-state index contributed by atoms with van der Waals surface area (Å²) in [4.78, 5) is 0. The van der Waals surface area contributed by atoms with Crippen LogP contribution in [0.1, 0.15) is 46.0 Å². The van der Waals surface area contributed by atoms with Crippen molar-refractivity contribution in [3.63, 3.8) is 0 Å². The molecule has 0 rings (SSSR count). The van der Waals surface area contributed by atoms with Gasteiger partial charge in [0.25, 0.3) is 0 Å². The second kappa shape index (κ2) is 7.63. The van der Waals surface area contributed by atoms with E-state index in [0.717, 1.165) is 19.3 Å². The molecule has 0 spiro atoms. The highest BCUT2D eigenvalue weighted by Crippen LogP contribution is 1.95. The van der Waals surface area contributed by atoms with Crippen molar-refractivity contribution in [2.24, 2.45) is 0 Å². The van der Waals surface area contributed by atoms with Gasteiger partial charge in [-0.1, -0.05) is 13.3 Å². The number of unbranched alkanes of at least 4 members (excludes halogenated alkanes) is 2. The van der Waals surface area contributed by atoms with Gasteiger partial charge < -0.3 is 5.11 Å². The number of hydrogen-bond acceptors (Lipinski definition) is 1. The molecule has 1 atom stereocenters. The molecule has 64 valence electrons. The molecule has 1 heteroatoms. The Hall–Kier alpha value is -0.480. The maximum Gasteiger partial charge on any atom is 0.0521 e. The average molecular weight is 154 g/mol. The molecule has 0 aromatic rings. The van der Waals surface area contributed by atoms with Crippen LogP contribution in [0.25, 0.3) is 0 Å². The van der Waals surface area contributed by atoms with Gasteiger partial charge in [0.15, 0.2) is 0 Å².